The molecule has 0 radical (unpaired) electrons. The molecular weight excluding hydrogens is 222 g/mol. The van der Waals surface area contributed by atoms with Crippen LogP contribution in [0.25, 0.3) is 10.9 Å². The molecule has 0 unspecified atom stereocenters. The molecule has 0 aliphatic carbocycles. The number of fused-ring (bicyclic) bond motifs is 1. The van der Waals surface area contributed by atoms with E-state index in [1.165, 1.54) is 22.1 Å². The molecule has 0 N–H and O–H groups in total. The van der Waals surface area contributed by atoms with E-state index in [0.717, 1.165) is 11.9 Å². The van der Waals surface area contributed by atoms with Crippen molar-refractivity contribution in [1.29, 1.82) is 0 Å². The van der Waals surface area contributed by atoms with E-state index in [0.29, 0.717) is 12.5 Å². The van der Waals surface area contributed by atoms with Gasteiger partial charge in [-0.25, -0.2) is 0 Å². The fraction of sp³-hybridized carbons (Fsp3) is 0.438. The second-order valence-corrected chi connectivity index (χ2v) is 4.99. The summed E-state index contributed by atoms with van der Waals surface area (Å²) in [5, 5.41) is 1.28. The smallest absolute Gasteiger partial charge is 0.0760 e. The van der Waals surface area contributed by atoms with Gasteiger partial charge in [-0.3, -0.25) is 4.98 Å². The Hall–Kier alpha value is -1.41. The Bertz CT molecular complexity index is 546. The first-order valence-electron chi connectivity index (χ1n) is 6.56. The van der Waals surface area contributed by atoms with Gasteiger partial charge in [0.15, 0.2) is 0 Å². The SMILES string of the molecule is CCc1cc(COC)c2nccc(C(C)C)c2c1. The molecule has 2 heteroatoms. The van der Waals surface area contributed by atoms with Crippen molar-refractivity contribution in [3.8, 4) is 0 Å². The second kappa shape index (κ2) is 5.49. The fourth-order valence-electron chi connectivity index (χ4n) is 2.39. The van der Waals surface area contributed by atoms with Crippen LogP contribution >= 0.6 is 0 Å². The molecule has 0 atom stereocenters. The first-order chi connectivity index (χ1) is 8.67. The first-order valence-corrected chi connectivity index (χ1v) is 6.56. The molecule has 18 heavy (non-hydrogen) atoms. The molecule has 0 saturated carbocycles. The van der Waals surface area contributed by atoms with E-state index in [1.807, 2.05) is 6.20 Å². The number of ether oxygens (including phenoxy) is 1. The molecule has 1 heterocycles. The first kappa shape index (κ1) is 13.0. The average molecular weight is 243 g/mol. The maximum atomic E-state index is 5.30. The third-order valence-corrected chi connectivity index (χ3v) is 3.35. The van der Waals surface area contributed by atoms with Crippen molar-refractivity contribution in [1.82, 2.24) is 4.98 Å². The van der Waals surface area contributed by atoms with E-state index < -0.39 is 0 Å². The lowest BCUT2D eigenvalue weighted by Crippen LogP contribution is -1.98. The molecule has 2 aromatic rings. The van der Waals surface area contributed by atoms with Gasteiger partial charge in [-0.2, -0.15) is 0 Å². The van der Waals surface area contributed by atoms with Gasteiger partial charge in [0.25, 0.3) is 0 Å². The number of hydrogen-bond acceptors (Lipinski definition) is 2. The molecule has 2 nitrogen and oxygen atoms in total. The zero-order valence-corrected chi connectivity index (χ0v) is 11.7. The maximum Gasteiger partial charge on any atom is 0.0760 e. The number of methoxy groups -OCH3 is 1. The van der Waals surface area contributed by atoms with E-state index in [1.54, 1.807) is 7.11 Å². The third kappa shape index (κ3) is 2.39. The Morgan fingerprint density at radius 2 is 2.06 bits per heavy atom. The molecule has 2 rings (SSSR count). The van der Waals surface area contributed by atoms with Crippen LogP contribution in [-0.4, -0.2) is 12.1 Å². The number of pyridine rings is 1. The van der Waals surface area contributed by atoms with Crippen LogP contribution in [0.2, 0.25) is 0 Å². The second-order valence-electron chi connectivity index (χ2n) is 4.99. The van der Waals surface area contributed by atoms with Crippen LogP contribution in [0.1, 0.15) is 43.4 Å². The molecule has 1 aromatic heterocycles. The quantitative estimate of drug-likeness (QED) is 0.807. The Kier molecular flexibility index (Phi) is 3.97. The number of hydrogen-bond donors (Lipinski definition) is 0. The van der Waals surface area contributed by atoms with Gasteiger partial charge >= 0.3 is 0 Å². The summed E-state index contributed by atoms with van der Waals surface area (Å²) in [5.41, 5.74) is 4.99. The molecule has 0 aliphatic heterocycles. The topological polar surface area (TPSA) is 22.1 Å². The highest BCUT2D eigenvalue weighted by molar-refractivity contribution is 5.86. The molecule has 0 spiro atoms. The van der Waals surface area contributed by atoms with Crippen molar-refractivity contribution < 1.29 is 4.74 Å². The van der Waals surface area contributed by atoms with Crippen molar-refractivity contribution in [2.75, 3.05) is 7.11 Å². The third-order valence-electron chi connectivity index (χ3n) is 3.35. The summed E-state index contributed by atoms with van der Waals surface area (Å²) in [4.78, 5) is 4.54. The zero-order chi connectivity index (χ0) is 13.1. The van der Waals surface area contributed by atoms with Gasteiger partial charge in [-0.05, 0) is 35.6 Å². The van der Waals surface area contributed by atoms with E-state index in [9.17, 15) is 0 Å². The summed E-state index contributed by atoms with van der Waals surface area (Å²) in [6.45, 7) is 7.26. The molecule has 0 fully saturated rings. The molecule has 0 saturated heterocycles. The predicted octanol–water partition coefficient (Wildman–Crippen LogP) is 4.07. The summed E-state index contributed by atoms with van der Waals surface area (Å²) >= 11 is 0. The lowest BCUT2D eigenvalue weighted by Gasteiger charge is -2.13. The van der Waals surface area contributed by atoms with Crippen LogP contribution in [0.4, 0.5) is 0 Å². The minimum Gasteiger partial charge on any atom is -0.380 e. The number of benzene rings is 1. The Balaban J connectivity index is 2.73. The summed E-state index contributed by atoms with van der Waals surface area (Å²) in [6.07, 6.45) is 2.95. The minimum absolute atomic E-state index is 0.512. The highest BCUT2D eigenvalue weighted by atomic mass is 16.5. The van der Waals surface area contributed by atoms with Gasteiger partial charge in [-0.15, -0.1) is 0 Å². The maximum absolute atomic E-state index is 5.30. The number of aromatic nitrogens is 1. The van der Waals surface area contributed by atoms with Crippen LogP contribution in [0, 0.1) is 0 Å². The van der Waals surface area contributed by atoms with Gasteiger partial charge < -0.3 is 4.74 Å². The highest BCUT2D eigenvalue weighted by Gasteiger charge is 2.10. The molecule has 0 bridgehead atoms. The fourth-order valence-corrected chi connectivity index (χ4v) is 2.39. The van der Waals surface area contributed by atoms with Crippen molar-refractivity contribution in [3.63, 3.8) is 0 Å². The summed E-state index contributed by atoms with van der Waals surface area (Å²) in [7, 11) is 1.73. The summed E-state index contributed by atoms with van der Waals surface area (Å²) < 4.78 is 5.30. The van der Waals surface area contributed by atoms with Gasteiger partial charge in [0.2, 0.25) is 0 Å². The van der Waals surface area contributed by atoms with E-state index >= 15 is 0 Å². The van der Waals surface area contributed by atoms with E-state index in [2.05, 4.69) is 44.0 Å². The number of rotatable bonds is 4. The molecule has 1 aromatic carbocycles. The largest absolute Gasteiger partial charge is 0.380 e. The van der Waals surface area contributed by atoms with E-state index in [-0.39, 0.29) is 0 Å². The van der Waals surface area contributed by atoms with Gasteiger partial charge in [-0.1, -0.05) is 26.8 Å². The van der Waals surface area contributed by atoms with Gasteiger partial charge in [0, 0.05) is 24.3 Å². The van der Waals surface area contributed by atoms with Crippen molar-refractivity contribution >= 4 is 10.9 Å². The molecular formula is C16H21NO. The Labute approximate surface area is 109 Å². The molecule has 0 aliphatic rings. The lowest BCUT2D eigenvalue weighted by atomic mass is 9.95. The Morgan fingerprint density at radius 1 is 1.28 bits per heavy atom. The van der Waals surface area contributed by atoms with E-state index in [4.69, 9.17) is 4.74 Å². The Morgan fingerprint density at radius 3 is 2.67 bits per heavy atom. The summed E-state index contributed by atoms with van der Waals surface area (Å²) in [6, 6.07) is 6.61. The van der Waals surface area contributed by atoms with Crippen LogP contribution in [0.3, 0.4) is 0 Å². The van der Waals surface area contributed by atoms with Gasteiger partial charge in [0.05, 0.1) is 12.1 Å². The van der Waals surface area contributed by atoms with Crippen LogP contribution < -0.4 is 0 Å². The monoisotopic (exact) mass is 243 g/mol. The van der Waals surface area contributed by atoms with Crippen molar-refractivity contribution in [3.05, 3.63) is 41.1 Å². The summed E-state index contributed by atoms with van der Waals surface area (Å²) in [5.74, 6) is 0.512. The van der Waals surface area contributed by atoms with Crippen LogP contribution in [0.15, 0.2) is 24.4 Å². The van der Waals surface area contributed by atoms with Crippen molar-refractivity contribution in [2.45, 2.75) is 39.7 Å². The highest BCUT2D eigenvalue weighted by Crippen LogP contribution is 2.28. The zero-order valence-electron chi connectivity index (χ0n) is 11.7. The average Bonchev–Trinajstić information content (AvgIpc) is 2.38. The normalized spacial score (nSPS) is 11.4. The standard InChI is InChI=1S/C16H21NO/c1-5-12-8-13(10-18-4)16-15(9-12)14(11(2)3)6-7-17-16/h6-9,11H,5,10H2,1-4H3. The minimum atomic E-state index is 0.512. The lowest BCUT2D eigenvalue weighted by molar-refractivity contribution is 0.186. The van der Waals surface area contributed by atoms with Gasteiger partial charge in [0.1, 0.15) is 0 Å². The number of nitrogens with zero attached hydrogens (tertiary/aromatic N) is 1. The van der Waals surface area contributed by atoms with Crippen molar-refractivity contribution in [2.24, 2.45) is 0 Å². The van der Waals surface area contributed by atoms with Crippen LogP contribution in [-0.2, 0) is 17.8 Å². The molecule has 96 valence electrons. The number of aryl methyl sites for hydroxylation is 1. The predicted molar refractivity (Wildman–Crippen MR) is 75.9 cm³/mol. The van der Waals surface area contributed by atoms with Crippen LogP contribution in [0.5, 0.6) is 0 Å². The molecule has 0 amide bonds.